The van der Waals surface area contributed by atoms with Crippen molar-refractivity contribution in [1.82, 2.24) is 4.90 Å². The number of rotatable bonds is 2. The van der Waals surface area contributed by atoms with Crippen LogP contribution in [-0.2, 0) is 11.2 Å². The van der Waals surface area contributed by atoms with Crippen LogP contribution in [0.2, 0.25) is 0 Å². The topological polar surface area (TPSA) is 78.9 Å². The highest BCUT2D eigenvalue weighted by molar-refractivity contribution is 5.90. The Kier molecular flexibility index (Phi) is 3.92. The first kappa shape index (κ1) is 14.7. The van der Waals surface area contributed by atoms with Crippen molar-refractivity contribution in [2.24, 2.45) is 11.8 Å². The molecule has 1 aromatic carbocycles. The third-order valence-electron chi connectivity index (χ3n) is 4.24. The molecule has 6 nitrogen and oxygen atoms in total. The molecular weight excluding hydrogens is 284 g/mol. The van der Waals surface area contributed by atoms with Gasteiger partial charge in [-0.25, -0.2) is 4.79 Å². The molecule has 2 heterocycles. The zero-order chi connectivity index (χ0) is 15.7. The van der Waals surface area contributed by atoms with Crippen LogP contribution < -0.4 is 10.1 Å². The molecule has 22 heavy (non-hydrogen) atoms. The van der Waals surface area contributed by atoms with E-state index < -0.39 is 11.9 Å². The molecule has 2 unspecified atom stereocenters. The van der Waals surface area contributed by atoms with Crippen molar-refractivity contribution in [3.05, 3.63) is 23.8 Å². The second-order valence-electron chi connectivity index (χ2n) is 6.13. The number of amides is 2. The summed E-state index contributed by atoms with van der Waals surface area (Å²) in [5.74, 6) is -0.258. The van der Waals surface area contributed by atoms with Gasteiger partial charge in [-0.2, -0.15) is 0 Å². The summed E-state index contributed by atoms with van der Waals surface area (Å²) >= 11 is 0. The monoisotopic (exact) mass is 304 g/mol. The summed E-state index contributed by atoms with van der Waals surface area (Å²) in [6, 6.07) is 5.35. The highest BCUT2D eigenvalue weighted by atomic mass is 16.5. The number of fused-ring (bicyclic) bond motifs is 1. The number of carbonyl (C=O) groups excluding carboxylic acids is 1. The van der Waals surface area contributed by atoms with Gasteiger partial charge in [-0.1, -0.05) is 6.92 Å². The Balaban J connectivity index is 1.67. The smallest absolute Gasteiger partial charge is 0.321 e. The van der Waals surface area contributed by atoms with E-state index in [4.69, 9.17) is 4.74 Å². The lowest BCUT2D eigenvalue weighted by molar-refractivity contribution is -0.143. The summed E-state index contributed by atoms with van der Waals surface area (Å²) in [5.41, 5.74) is 1.81. The third kappa shape index (κ3) is 3.00. The summed E-state index contributed by atoms with van der Waals surface area (Å²) in [5, 5.41) is 12.0. The molecule has 1 fully saturated rings. The van der Waals surface area contributed by atoms with Gasteiger partial charge in [0.05, 0.1) is 12.5 Å². The Morgan fingerprint density at radius 1 is 1.36 bits per heavy atom. The Hall–Kier alpha value is -2.24. The Bertz CT molecular complexity index is 602. The Morgan fingerprint density at radius 3 is 2.95 bits per heavy atom. The molecule has 1 saturated heterocycles. The number of nitrogens with one attached hydrogen (secondary N) is 1. The minimum absolute atomic E-state index is 0.189. The lowest BCUT2D eigenvalue weighted by Crippen LogP contribution is -2.47. The lowest BCUT2D eigenvalue weighted by Gasteiger charge is -2.34. The molecule has 2 aliphatic rings. The number of ether oxygens (including phenoxy) is 1. The maximum Gasteiger partial charge on any atom is 0.321 e. The zero-order valence-corrected chi connectivity index (χ0v) is 12.5. The van der Waals surface area contributed by atoms with Crippen LogP contribution in [0.15, 0.2) is 18.2 Å². The van der Waals surface area contributed by atoms with Gasteiger partial charge in [-0.05, 0) is 36.1 Å². The van der Waals surface area contributed by atoms with Crippen LogP contribution in [0.4, 0.5) is 10.5 Å². The van der Waals surface area contributed by atoms with Crippen LogP contribution >= 0.6 is 0 Å². The van der Waals surface area contributed by atoms with Crippen LogP contribution in [0.5, 0.6) is 5.75 Å². The number of nitrogens with zero attached hydrogens (tertiary/aromatic N) is 1. The molecule has 118 valence electrons. The molecule has 0 aromatic heterocycles. The van der Waals surface area contributed by atoms with Gasteiger partial charge in [0.2, 0.25) is 0 Å². The summed E-state index contributed by atoms with van der Waals surface area (Å²) in [6.07, 6.45) is 1.47. The predicted octanol–water partition coefficient (Wildman–Crippen LogP) is 2.20. The van der Waals surface area contributed by atoms with Gasteiger partial charge in [0, 0.05) is 25.2 Å². The zero-order valence-electron chi connectivity index (χ0n) is 12.5. The van der Waals surface area contributed by atoms with Crippen LogP contribution in [-0.4, -0.2) is 41.7 Å². The fourth-order valence-corrected chi connectivity index (χ4v) is 3.16. The van der Waals surface area contributed by atoms with E-state index in [2.05, 4.69) is 5.32 Å². The first-order chi connectivity index (χ1) is 10.5. The molecule has 2 atom stereocenters. The number of carbonyl (C=O) groups is 2. The highest BCUT2D eigenvalue weighted by Crippen LogP contribution is 2.28. The van der Waals surface area contributed by atoms with Gasteiger partial charge in [0.25, 0.3) is 0 Å². The second-order valence-corrected chi connectivity index (χ2v) is 6.13. The van der Waals surface area contributed by atoms with Gasteiger partial charge < -0.3 is 20.1 Å². The predicted molar refractivity (Wildman–Crippen MR) is 81.1 cm³/mol. The summed E-state index contributed by atoms with van der Waals surface area (Å²) in [6.45, 7) is 3.50. The van der Waals surface area contributed by atoms with Crippen LogP contribution in [0.3, 0.4) is 0 Å². The van der Waals surface area contributed by atoms with Crippen molar-refractivity contribution >= 4 is 17.7 Å². The van der Waals surface area contributed by atoms with Crippen molar-refractivity contribution in [1.29, 1.82) is 0 Å². The first-order valence-electron chi connectivity index (χ1n) is 7.57. The molecule has 1 aromatic rings. The number of hydrogen-bond acceptors (Lipinski definition) is 3. The van der Waals surface area contributed by atoms with Gasteiger partial charge in [0.15, 0.2) is 0 Å². The second kappa shape index (κ2) is 5.87. The number of carboxylic acid groups (broad SMARTS) is 1. The normalized spacial score (nSPS) is 23.6. The number of hydrogen-bond donors (Lipinski definition) is 2. The summed E-state index contributed by atoms with van der Waals surface area (Å²) < 4.78 is 5.44. The molecule has 0 spiro atoms. The van der Waals surface area contributed by atoms with Crippen LogP contribution in [0.25, 0.3) is 0 Å². The molecule has 3 rings (SSSR count). The fourth-order valence-electron chi connectivity index (χ4n) is 3.16. The van der Waals surface area contributed by atoms with E-state index in [1.165, 1.54) is 0 Å². The standard InChI is InChI=1S/C16H20N2O4/c1-10-6-12(15(19)20)9-18(8-10)16(21)17-13-2-3-14-11(7-13)4-5-22-14/h2-3,7,10,12H,4-6,8-9H2,1H3,(H,17,21)(H,19,20). The third-order valence-corrected chi connectivity index (χ3v) is 4.24. The first-order valence-corrected chi connectivity index (χ1v) is 7.57. The number of urea groups is 1. The van der Waals surface area contributed by atoms with E-state index in [-0.39, 0.29) is 18.5 Å². The largest absolute Gasteiger partial charge is 0.493 e. The minimum atomic E-state index is -0.834. The van der Waals surface area contributed by atoms with Crippen molar-refractivity contribution < 1.29 is 19.4 Å². The highest BCUT2D eigenvalue weighted by Gasteiger charge is 2.32. The van der Waals surface area contributed by atoms with Gasteiger partial charge in [0.1, 0.15) is 5.75 Å². The van der Waals surface area contributed by atoms with E-state index in [0.717, 1.165) is 23.4 Å². The average molecular weight is 304 g/mol. The Labute approximate surface area is 129 Å². The van der Waals surface area contributed by atoms with E-state index in [1.54, 1.807) is 4.90 Å². The number of piperidine rings is 1. The molecule has 0 bridgehead atoms. The average Bonchev–Trinajstić information content (AvgIpc) is 2.94. The molecule has 0 saturated carbocycles. The lowest BCUT2D eigenvalue weighted by atomic mass is 9.91. The van der Waals surface area contributed by atoms with Crippen molar-refractivity contribution in [2.45, 2.75) is 19.8 Å². The number of aliphatic carboxylic acids is 1. The van der Waals surface area contributed by atoms with E-state index >= 15 is 0 Å². The molecule has 2 amide bonds. The van der Waals surface area contributed by atoms with E-state index in [0.29, 0.717) is 19.6 Å². The molecule has 2 N–H and O–H groups in total. The molecule has 0 aliphatic carbocycles. The van der Waals surface area contributed by atoms with Gasteiger partial charge >= 0.3 is 12.0 Å². The molecular formula is C16H20N2O4. The van der Waals surface area contributed by atoms with Crippen LogP contribution in [0, 0.1) is 11.8 Å². The maximum atomic E-state index is 12.4. The maximum absolute atomic E-state index is 12.4. The number of carboxylic acids is 1. The summed E-state index contributed by atoms with van der Waals surface area (Å²) in [4.78, 5) is 25.1. The van der Waals surface area contributed by atoms with E-state index in [1.807, 2.05) is 25.1 Å². The number of anilines is 1. The molecule has 2 aliphatic heterocycles. The number of benzene rings is 1. The Morgan fingerprint density at radius 2 is 2.18 bits per heavy atom. The van der Waals surface area contributed by atoms with Crippen molar-refractivity contribution in [3.63, 3.8) is 0 Å². The quantitative estimate of drug-likeness (QED) is 0.878. The number of likely N-dealkylation sites (tertiary alicyclic amines) is 1. The van der Waals surface area contributed by atoms with Crippen molar-refractivity contribution in [2.75, 3.05) is 25.0 Å². The summed E-state index contributed by atoms with van der Waals surface area (Å²) in [7, 11) is 0. The minimum Gasteiger partial charge on any atom is -0.493 e. The molecule has 6 heteroatoms. The van der Waals surface area contributed by atoms with Gasteiger partial charge in [-0.3, -0.25) is 4.79 Å². The van der Waals surface area contributed by atoms with Crippen molar-refractivity contribution in [3.8, 4) is 5.75 Å². The van der Waals surface area contributed by atoms with Gasteiger partial charge in [-0.15, -0.1) is 0 Å². The van der Waals surface area contributed by atoms with Crippen LogP contribution in [0.1, 0.15) is 18.9 Å². The van der Waals surface area contributed by atoms with E-state index in [9.17, 15) is 14.7 Å². The molecule has 0 radical (unpaired) electrons. The SMILES string of the molecule is CC1CC(C(=O)O)CN(C(=O)Nc2ccc3c(c2)CCO3)C1. The fraction of sp³-hybridized carbons (Fsp3) is 0.500.